The van der Waals surface area contributed by atoms with Crippen LogP contribution in [0.4, 0.5) is 5.69 Å². The van der Waals surface area contributed by atoms with Crippen LogP contribution in [0.1, 0.15) is 47.0 Å². The maximum Gasteiger partial charge on any atom is 0.332 e. The number of amides is 2. The molecule has 4 aromatic rings. The number of aromatic hydroxyl groups is 4. The Balaban J connectivity index is 0.000000186. The van der Waals surface area contributed by atoms with E-state index in [2.05, 4.69) is 0 Å². The molecule has 2 aromatic carbocycles. The fourth-order valence-corrected chi connectivity index (χ4v) is 8.72. The van der Waals surface area contributed by atoms with Crippen LogP contribution >= 0.6 is 45.9 Å². The van der Waals surface area contributed by atoms with E-state index < -0.39 is 22.1 Å². The lowest BCUT2D eigenvalue weighted by Crippen LogP contribution is -2.48. The number of hydrogen-bond donors (Lipinski definition) is 4. The number of ether oxygens (including phenoxy) is 2. The van der Waals surface area contributed by atoms with Gasteiger partial charge in [-0.3, -0.25) is 19.7 Å². The Morgan fingerprint density at radius 3 is 1.68 bits per heavy atom. The largest absolute Gasteiger partial charge is 0.504 e. The summed E-state index contributed by atoms with van der Waals surface area (Å²) in [5.41, 5.74) is -0.662. The maximum absolute atomic E-state index is 12.8. The monoisotopic (exact) mass is 727 g/mol. The SMILES string of the molecule is CC1CN(C(=O)c2sc3c([N+](=O)[O-])c(O)c(O)cc3c2Cl)CC(C)O1.CC1CN(C(=O)c2sc3cc(O)c(O)cc3c2Cl)CC(C)O1. The Hall–Kier alpha value is -3.60. The minimum absolute atomic E-state index is 0.0195. The van der Waals surface area contributed by atoms with E-state index in [4.69, 9.17) is 32.7 Å². The van der Waals surface area contributed by atoms with Gasteiger partial charge in [0.15, 0.2) is 17.2 Å². The van der Waals surface area contributed by atoms with E-state index in [1.54, 1.807) is 9.80 Å². The summed E-state index contributed by atoms with van der Waals surface area (Å²) in [4.78, 5) is 39.9. The Labute approximate surface area is 286 Å². The molecule has 2 amide bonds. The second kappa shape index (κ2) is 13.5. The number of rotatable bonds is 3. The summed E-state index contributed by atoms with van der Waals surface area (Å²) in [6.07, 6.45) is -0.311. The first-order valence-electron chi connectivity index (χ1n) is 14.4. The Morgan fingerprint density at radius 2 is 1.19 bits per heavy atom. The molecular weight excluding hydrogens is 697 g/mol. The van der Waals surface area contributed by atoms with Gasteiger partial charge in [0.25, 0.3) is 11.8 Å². The lowest BCUT2D eigenvalue weighted by Gasteiger charge is -2.35. The number of hydrogen-bond acceptors (Lipinski definition) is 12. The summed E-state index contributed by atoms with van der Waals surface area (Å²) >= 11 is 14.6. The molecule has 47 heavy (non-hydrogen) atoms. The van der Waals surface area contributed by atoms with E-state index >= 15 is 0 Å². The predicted molar refractivity (Wildman–Crippen MR) is 179 cm³/mol. The van der Waals surface area contributed by atoms with Crippen LogP contribution < -0.4 is 0 Å². The van der Waals surface area contributed by atoms with E-state index in [0.29, 0.717) is 46.2 Å². The smallest absolute Gasteiger partial charge is 0.332 e. The number of nitrogens with zero attached hydrogens (tertiary/aromatic N) is 3. The molecule has 4 heterocycles. The number of nitro groups is 1. The van der Waals surface area contributed by atoms with Crippen molar-refractivity contribution in [2.45, 2.75) is 52.1 Å². The van der Waals surface area contributed by atoms with E-state index in [0.717, 1.165) is 17.4 Å². The molecule has 13 nitrogen and oxygen atoms in total. The van der Waals surface area contributed by atoms with Gasteiger partial charge in [-0.2, -0.15) is 0 Å². The molecule has 4 N–H and O–H groups in total. The average molecular weight is 729 g/mol. The second-order valence-electron chi connectivity index (χ2n) is 11.5. The van der Waals surface area contributed by atoms with E-state index in [9.17, 15) is 40.1 Å². The molecular formula is C30H31Cl2N3O10S2. The number of thiophene rings is 2. The molecule has 2 aromatic heterocycles. The van der Waals surface area contributed by atoms with Gasteiger partial charge in [0.2, 0.25) is 5.75 Å². The molecule has 2 fully saturated rings. The Kier molecular flexibility index (Phi) is 9.97. The van der Waals surface area contributed by atoms with Crippen molar-refractivity contribution in [3.8, 4) is 23.0 Å². The lowest BCUT2D eigenvalue weighted by molar-refractivity contribution is -0.383. The minimum Gasteiger partial charge on any atom is -0.504 e. The van der Waals surface area contributed by atoms with Crippen LogP contribution in [0.25, 0.3) is 20.2 Å². The first kappa shape index (κ1) is 34.7. The number of phenols is 4. The average Bonchev–Trinajstić information content (AvgIpc) is 3.47. The van der Waals surface area contributed by atoms with Crippen molar-refractivity contribution in [3.63, 3.8) is 0 Å². The van der Waals surface area contributed by atoms with Crippen LogP contribution in [0.15, 0.2) is 18.2 Å². The van der Waals surface area contributed by atoms with Gasteiger partial charge >= 0.3 is 5.69 Å². The van der Waals surface area contributed by atoms with Gasteiger partial charge in [-0.25, -0.2) is 0 Å². The highest BCUT2D eigenvalue weighted by Gasteiger charge is 2.33. The number of carbonyl (C=O) groups is 2. The normalized spacial score (nSPS) is 21.5. The zero-order valence-electron chi connectivity index (χ0n) is 25.5. The number of benzene rings is 2. The van der Waals surface area contributed by atoms with Crippen molar-refractivity contribution in [1.29, 1.82) is 0 Å². The molecule has 4 unspecified atom stereocenters. The summed E-state index contributed by atoms with van der Waals surface area (Å²) in [5, 5.41) is 51.0. The molecule has 252 valence electrons. The Bertz CT molecular complexity index is 1880. The van der Waals surface area contributed by atoms with E-state index in [1.807, 2.05) is 27.7 Å². The van der Waals surface area contributed by atoms with Gasteiger partial charge in [-0.15, -0.1) is 22.7 Å². The highest BCUT2D eigenvalue weighted by Crippen LogP contribution is 2.49. The third-order valence-electron chi connectivity index (χ3n) is 7.56. The zero-order valence-corrected chi connectivity index (χ0v) is 28.7. The van der Waals surface area contributed by atoms with Gasteiger partial charge in [0.05, 0.1) is 39.4 Å². The molecule has 0 radical (unpaired) electrons. The molecule has 0 aliphatic carbocycles. The fraction of sp³-hybridized carbons (Fsp3) is 0.400. The van der Waals surface area contributed by atoms with Gasteiger partial charge in [0.1, 0.15) is 14.5 Å². The molecule has 0 spiro atoms. The lowest BCUT2D eigenvalue weighted by atomic mass is 10.2. The van der Waals surface area contributed by atoms with Crippen LogP contribution in [0, 0.1) is 10.1 Å². The molecule has 17 heteroatoms. The van der Waals surface area contributed by atoms with Crippen LogP contribution in [0.2, 0.25) is 10.0 Å². The molecule has 4 atom stereocenters. The van der Waals surface area contributed by atoms with E-state index in [-0.39, 0.29) is 67.7 Å². The molecule has 2 aliphatic rings. The summed E-state index contributed by atoms with van der Waals surface area (Å²) in [5.74, 6) is -2.49. The van der Waals surface area contributed by atoms with Crippen LogP contribution in [0.5, 0.6) is 23.0 Å². The topological polar surface area (TPSA) is 183 Å². The number of halogens is 2. The summed E-state index contributed by atoms with van der Waals surface area (Å²) in [6.45, 7) is 9.36. The molecule has 0 saturated carbocycles. The third kappa shape index (κ3) is 6.87. The highest BCUT2D eigenvalue weighted by molar-refractivity contribution is 7.22. The summed E-state index contributed by atoms with van der Waals surface area (Å²) < 4.78 is 11.9. The molecule has 0 bridgehead atoms. The maximum atomic E-state index is 12.8. The quantitative estimate of drug-likeness (QED) is 0.106. The third-order valence-corrected chi connectivity index (χ3v) is 10.9. The van der Waals surface area contributed by atoms with Gasteiger partial charge < -0.3 is 39.7 Å². The summed E-state index contributed by atoms with van der Waals surface area (Å²) in [6, 6.07) is 3.92. The van der Waals surface area contributed by atoms with Crippen molar-refractivity contribution < 1.29 is 44.4 Å². The molecule has 2 aliphatic heterocycles. The first-order chi connectivity index (χ1) is 22.1. The minimum atomic E-state index is -0.844. The highest BCUT2D eigenvalue weighted by atomic mass is 35.5. The van der Waals surface area contributed by atoms with Crippen molar-refractivity contribution in [1.82, 2.24) is 9.80 Å². The number of carbonyl (C=O) groups excluding carboxylic acids is 2. The first-order valence-corrected chi connectivity index (χ1v) is 16.8. The van der Waals surface area contributed by atoms with Gasteiger partial charge in [0, 0.05) is 47.7 Å². The molecule has 2 saturated heterocycles. The second-order valence-corrected chi connectivity index (χ2v) is 14.3. The van der Waals surface area contributed by atoms with Crippen molar-refractivity contribution in [2.24, 2.45) is 0 Å². The number of fused-ring (bicyclic) bond motifs is 2. The van der Waals surface area contributed by atoms with Crippen LogP contribution in [-0.2, 0) is 9.47 Å². The predicted octanol–water partition coefficient (Wildman–Crippen LogP) is 6.34. The number of morpholine rings is 2. The Morgan fingerprint density at radius 1 is 0.766 bits per heavy atom. The number of phenolic OH excluding ortho intramolecular Hbond substituents is 4. The van der Waals surface area contributed by atoms with Gasteiger partial charge in [-0.1, -0.05) is 23.2 Å². The summed E-state index contributed by atoms with van der Waals surface area (Å²) in [7, 11) is 0. The van der Waals surface area contributed by atoms with Crippen molar-refractivity contribution >= 4 is 83.5 Å². The standard InChI is InChI=1S/C15H15ClN2O6S.C15H16ClNO4S/c1-6-4-17(5-7(2)24-6)15(21)14-10(16)8-3-9(19)12(20)11(18(22)23)13(8)25-14;1-7-5-17(6-8(2)21-7)15(20)14-13(16)9-3-10(18)11(19)4-12(9)22-14/h3,6-7,19-20H,4-5H2,1-2H3;3-4,7-8,18-19H,5-6H2,1-2H3. The molecule has 6 rings (SSSR count). The zero-order chi connectivity index (χ0) is 34.5. The van der Waals surface area contributed by atoms with Crippen molar-refractivity contribution in [2.75, 3.05) is 26.2 Å². The number of nitro benzene ring substituents is 1. The van der Waals surface area contributed by atoms with Crippen molar-refractivity contribution in [3.05, 3.63) is 48.1 Å². The van der Waals surface area contributed by atoms with Crippen LogP contribution in [-0.4, -0.2) is 97.6 Å². The van der Waals surface area contributed by atoms with E-state index in [1.165, 1.54) is 23.5 Å². The van der Waals surface area contributed by atoms with Crippen LogP contribution in [0.3, 0.4) is 0 Å². The fourth-order valence-electron chi connectivity index (χ4n) is 5.67. The van der Waals surface area contributed by atoms with Gasteiger partial charge in [-0.05, 0) is 39.8 Å².